The minimum atomic E-state index is -4.40. The number of aliphatic hydroxyl groups excluding tert-OH is 1. The molecular weight excluding hydrogens is 514 g/mol. The van der Waals surface area contributed by atoms with Gasteiger partial charge in [-0.25, -0.2) is 13.2 Å². The molecule has 38 heavy (non-hydrogen) atoms. The van der Waals surface area contributed by atoms with Crippen molar-refractivity contribution in [1.82, 2.24) is 9.79 Å². The number of ether oxygens (including phenoxy) is 1. The summed E-state index contributed by atoms with van der Waals surface area (Å²) in [6.45, 7) is 4.60. The fraction of sp³-hybridized carbons (Fsp3) is 0.500. The molecule has 1 aliphatic rings. The molecule has 0 saturated heterocycles. The molecule has 0 heterocycles. The number of alkyl carbamates (subject to hydrolysis) is 1. The summed E-state index contributed by atoms with van der Waals surface area (Å²) in [5.41, 5.74) is -0.367. The number of carbonyl (C=O) groups excluding carboxylic acids is 1. The molecule has 12 heteroatoms. The van der Waals surface area contributed by atoms with Crippen molar-refractivity contribution in [1.29, 1.82) is 0 Å². The molecule has 0 bridgehead atoms. The van der Waals surface area contributed by atoms with Gasteiger partial charge in [0, 0.05) is 12.1 Å². The standard InChI is InChI=1S/C26H35N3O8S/c1-26(2,3)36-25(31)27-23(16-19-10-5-4-6-11-19)24(30)18-28(37-21-13-7-8-14-21)38(34,35)22-15-9-12-20(17-22)29(32)33/h4-6,9-12,15,17,21,23-24,30H,7-8,13-14,16,18H2,1-3H3,(H,27,31)/t23-,24+/m0/s1. The summed E-state index contributed by atoms with van der Waals surface area (Å²) >= 11 is 0. The molecule has 2 atom stereocenters. The Bertz CT molecular complexity index is 1190. The number of aliphatic hydroxyl groups is 1. The number of benzene rings is 2. The topological polar surface area (TPSA) is 148 Å². The van der Waals surface area contributed by atoms with Gasteiger partial charge in [-0.1, -0.05) is 53.7 Å². The molecule has 1 amide bonds. The van der Waals surface area contributed by atoms with Gasteiger partial charge in [0.15, 0.2) is 0 Å². The first kappa shape index (κ1) is 29.5. The molecule has 0 unspecified atom stereocenters. The van der Waals surface area contributed by atoms with Crippen LogP contribution in [0.2, 0.25) is 0 Å². The van der Waals surface area contributed by atoms with Crippen LogP contribution in [0.3, 0.4) is 0 Å². The first-order valence-corrected chi connectivity index (χ1v) is 13.9. The van der Waals surface area contributed by atoms with Crippen molar-refractivity contribution in [3.05, 3.63) is 70.3 Å². The zero-order valence-corrected chi connectivity index (χ0v) is 22.6. The Morgan fingerprint density at radius 1 is 1.16 bits per heavy atom. The summed E-state index contributed by atoms with van der Waals surface area (Å²) < 4.78 is 33.2. The SMILES string of the molecule is CC(C)(C)OC(=O)N[C@@H](Cc1ccccc1)[C@H](O)CN(OC1CCCC1)S(=O)(=O)c1cccc([N+](=O)[O-])c1. The largest absolute Gasteiger partial charge is 0.444 e. The van der Waals surface area contributed by atoms with Crippen molar-refractivity contribution in [2.75, 3.05) is 6.54 Å². The van der Waals surface area contributed by atoms with Gasteiger partial charge in [-0.3, -0.25) is 15.0 Å². The van der Waals surface area contributed by atoms with Crippen LogP contribution < -0.4 is 5.32 Å². The van der Waals surface area contributed by atoms with Crippen molar-refractivity contribution in [3.63, 3.8) is 0 Å². The highest BCUT2D eigenvalue weighted by Crippen LogP contribution is 2.27. The number of carbonyl (C=O) groups is 1. The lowest BCUT2D eigenvalue weighted by molar-refractivity contribution is -0.385. The van der Waals surface area contributed by atoms with Gasteiger partial charge in [0.2, 0.25) is 0 Å². The van der Waals surface area contributed by atoms with E-state index < -0.39 is 45.3 Å². The molecule has 2 N–H and O–H groups in total. The number of hydroxylamine groups is 1. The normalized spacial score (nSPS) is 16.2. The van der Waals surface area contributed by atoms with E-state index in [1.807, 2.05) is 30.3 Å². The average molecular weight is 550 g/mol. The van der Waals surface area contributed by atoms with Crippen LogP contribution in [0.4, 0.5) is 10.5 Å². The van der Waals surface area contributed by atoms with Crippen LogP contribution in [-0.4, -0.2) is 59.4 Å². The van der Waals surface area contributed by atoms with E-state index in [1.165, 1.54) is 18.2 Å². The molecule has 1 aliphatic carbocycles. The lowest BCUT2D eigenvalue weighted by Gasteiger charge is -2.31. The highest BCUT2D eigenvalue weighted by Gasteiger charge is 2.35. The molecule has 0 spiro atoms. The van der Waals surface area contributed by atoms with E-state index in [0.717, 1.165) is 24.5 Å². The predicted molar refractivity (Wildman–Crippen MR) is 140 cm³/mol. The number of non-ortho nitro benzene ring substituents is 1. The molecule has 2 aromatic rings. The number of nitrogens with one attached hydrogen (secondary N) is 1. The number of nitro benzene ring substituents is 1. The number of hydrogen-bond donors (Lipinski definition) is 2. The fourth-order valence-corrected chi connectivity index (χ4v) is 5.46. The minimum Gasteiger partial charge on any atom is -0.444 e. The molecule has 11 nitrogen and oxygen atoms in total. The second kappa shape index (κ2) is 12.7. The van der Waals surface area contributed by atoms with Crippen LogP contribution in [0.5, 0.6) is 0 Å². The Morgan fingerprint density at radius 2 is 1.82 bits per heavy atom. The first-order valence-electron chi connectivity index (χ1n) is 12.5. The van der Waals surface area contributed by atoms with Crippen LogP contribution in [-0.2, 0) is 26.0 Å². The van der Waals surface area contributed by atoms with Gasteiger partial charge in [0.05, 0.1) is 34.6 Å². The maximum atomic E-state index is 13.6. The quantitative estimate of drug-likeness (QED) is 0.316. The van der Waals surface area contributed by atoms with Crippen LogP contribution in [0.1, 0.15) is 52.0 Å². The van der Waals surface area contributed by atoms with E-state index in [-0.39, 0.29) is 23.1 Å². The van der Waals surface area contributed by atoms with Gasteiger partial charge >= 0.3 is 6.09 Å². The fourth-order valence-electron chi connectivity index (χ4n) is 4.12. The summed E-state index contributed by atoms with van der Waals surface area (Å²) in [7, 11) is -4.40. The summed E-state index contributed by atoms with van der Waals surface area (Å²) in [6, 6.07) is 12.8. The Labute approximate surface area is 222 Å². The molecule has 0 radical (unpaired) electrons. The number of amides is 1. The number of sulfonamides is 1. The van der Waals surface area contributed by atoms with Crippen molar-refractivity contribution in [2.24, 2.45) is 0 Å². The van der Waals surface area contributed by atoms with E-state index in [1.54, 1.807) is 20.8 Å². The van der Waals surface area contributed by atoms with Gasteiger partial charge in [0.25, 0.3) is 15.7 Å². The zero-order valence-electron chi connectivity index (χ0n) is 21.8. The van der Waals surface area contributed by atoms with Crippen molar-refractivity contribution < 1.29 is 32.8 Å². The Balaban J connectivity index is 1.89. The van der Waals surface area contributed by atoms with E-state index in [9.17, 15) is 28.4 Å². The number of rotatable bonds is 11. The lowest BCUT2D eigenvalue weighted by atomic mass is 10.0. The summed E-state index contributed by atoms with van der Waals surface area (Å²) in [4.78, 5) is 28.7. The third-order valence-corrected chi connectivity index (χ3v) is 7.59. The predicted octanol–water partition coefficient (Wildman–Crippen LogP) is 3.96. The maximum Gasteiger partial charge on any atom is 0.407 e. The Morgan fingerprint density at radius 3 is 2.42 bits per heavy atom. The highest BCUT2D eigenvalue weighted by atomic mass is 32.2. The third kappa shape index (κ3) is 8.48. The highest BCUT2D eigenvalue weighted by molar-refractivity contribution is 7.89. The van der Waals surface area contributed by atoms with Crippen molar-refractivity contribution >= 4 is 21.8 Å². The number of nitrogens with zero attached hydrogens (tertiary/aromatic N) is 2. The molecule has 208 valence electrons. The second-order valence-corrected chi connectivity index (χ2v) is 12.1. The van der Waals surface area contributed by atoms with Gasteiger partial charge in [-0.15, -0.1) is 0 Å². The van der Waals surface area contributed by atoms with Crippen LogP contribution in [0, 0.1) is 10.1 Å². The summed E-state index contributed by atoms with van der Waals surface area (Å²) in [6.07, 6.45) is 0.655. The minimum absolute atomic E-state index is 0.190. The average Bonchev–Trinajstić information content (AvgIpc) is 3.36. The number of nitro groups is 1. The van der Waals surface area contributed by atoms with Crippen LogP contribution in [0.25, 0.3) is 0 Å². The molecule has 1 fully saturated rings. The van der Waals surface area contributed by atoms with Crippen LogP contribution >= 0.6 is 0 Å². The molecule has 1 saturated carbocycles. The van der Waals surface area contributed by atoms with Crippen molar-refractivity contribution in [2.45, 2.75) is 81.6 Å². The van der Waals surface area contributed by atoms with Crippen molar-refractivity contribution in [3.8, 4) is 0 Å². The molecular formula is C26H35N3O8S. The van der Waals surface area contributed by atoms with E-state index >= 15 is 0 Å². The second-order valence-electron chi connectivity index (χ2n) is 10.3. The number of hydrogen-bond acceptors (Lipinski definition) is 8. The summed E-state index contributed by atoms with van der Waals surface area (Å²) in [5, 5.41) is 25.2. The Kier molecular flexibility index (Phi) is 9.82. The molecule has 2 aromatic carbocycles. The molecule has 3 rings (SSSR count). The lowest BCUT2D eigenvalue weighted by Crippen LogP contribution is -2.51. The first-order chi connectivity index (χ1) is 17.8. The third-order valence-electron chi connectivity index (χ3n) is 5.96. The zero-order chi connectivity index (χ0) is 27.9. The Hall–Kier alpha value is -3.06. The summed E-state index contributed by atoms with van der Waals surface area (Å²) in [5.74, 6) is 0. The maximum absolute atomic E-state index is 13.6. The molecule has 0 aliphatic heterocycles. The van der Waals surface area contributed by atoms with Gasteiger partial charge in [-0.05, 0) is 51.7 Å². The van der Waals surface area contributed by atoms with E-state index in [4.69, 9.17) is 9.57 Å². The molecule has 0 aromatic heterocycles. The van der Waals surface area contributed by atoms with Crippen LogP contribution in [0.15, 0.2) is 59.5 Å². The van der Waals surface area contributed by atoms with Gasteiger partial charge < -0.3 is 15.2 Å². The van der Waals surface area contributed by atoms with E-state index in [2.05, 4.69) is 5.32 Å². The van der Waals surface area contributed by atoms with Gasteiger partial charge in [-0.2, -0.15) is 0 Å². The smallest absolute Gasteiger partial charge is 0.407 e. The van der Waals surface area contributed by atoms with Gasteiger partial charge in [0.1, 0.15) is 5.60 Å². The monoisotopic (exact) mass is 549 g/mol. The van der Waals surface area contributed by atoms with E-state index in [0.29, 0.717) is 17.3 Å².